The largest absolute Gasteiger partial charge is 0.469 e. The number of furan rings is 1. The van der Waals surface area contributed by atoms with Crippen LogP contribution in [0.2, 0.25) is 0 Å². The summed E-state index contributed by atoms with van der Waals surface area (Å²) >= 11 is 0. The molecule has 0 aromatic carbocycles. The van der Waals surface area contributed by atoms with Gasteiger partial charge in [0.1, 0.15) is 5.76 Å². The van der Waals surface area contributed by atoms with Gasteiger partial charge in [-0.1, -0.05) is 6.92 Å². The fourth-order valence-electron chi connectivity index (χ4n) is 1.38. The second-order valence-corrected chi connectivity index (χ2v) is 3.63. The number of nitrogens with two attached hydrogens (primary N) is 1. The first-order chi connectivity index (χ1) is 7.79. The molecule has 0 spiro atoms. The van der Waals surface area contributed by atoms with Crippen molar-refractivity contribution in [2.45, 2.75) is 32.2 Å². The van der Waals surface area contributed by atoms with Gasteiger partial charge in [-0.25, -0.2) is 0 Å². The molecule has 5 heteroatoms. The Morgan fingerprint density at radius 1 is 1.38 bits per heavy atom. The zero-order chi connectivity index (χ0) is 11.4. The second kappa shape index (κ2) is 4.94. The van der Waals surface area contributed by atoms with Gasteiger partial charge in [0.15, 0.2) is 0 Å². The Kier molecular flexibility index (Phi) is 3.36. The van der Waals surface area contributed by atoms with Gasteiger partial charge in [0.2, 0.25) is 11.8 Å². The van der Waals surface area contributed by atoms with E-state index in [0.717, 1.165) is 18.6 Å². The molecular weight excluding hydrogens is 206 g/mol. The van der Waals surface area contributed by atoms with Gasteiger partial charge in [0, 0.05) is 12.8 Å². The Labute approximate surface area is 93.6 Å². The zero-order valence-corrected chi connectivity index (χ0v) is 9.22. The van der Waals surface area contributed by atoms with Gasteiger partial charge >= 0.3 is 0 Å². The van der Waals surface area contributed by atoms with Gasteiger partial charge in [-0.2, -0.15) is 0 Å². The molecule has 2 aromatic heterocycles. The SMILES string of the molecule is CCC(N)c1nnc(CCc2ccco2)o1. The molecule has 0 fully saturated rings. The maximum absolute atomic E-state index is 5.78. The third-order valence-electron chi connectivity index (χ3n) is 2.40. The lowest BCUT2D eigenvalue weighted by Crippen LogP contribution is -2.08. The van der Waals surface area contributed by atoms with Crippen LogP contribution in [-0.2, 0) is 12.8 Å². The van der Waals surface area contributed by atoms with Crippen LogP contribution in [0, 0.1) is 0 Å². The lowest BCUT2D eigenvalue weighted by atomic mass is 10.2. The number of hydrogen-bond acceptors (Lipinski definition) is 5. The van der Waals surface area contributed by atoms with Crippen molar-refractivity contribution in [2.24, 2.45) is 5.73 Å². The standard InChI is InChI=1S/C11H15N3O2/c1-2-9(12)11-14-13-10(16-11)6-5-8-4-3-7-15-8/h3-4,7,9H,2,5-6,12H2,1H3. The Morgan fingerprint density at radius 3 is 2.94 bits per heavy atom. The van der Waals surface area contributed by atoms with Crippen LogP contribution in [0.5, 0.6) is 0 Å². The predicted molar refractivity (Wildman–Crippen MR) is 57.6 cm³/mol. The normalized spacial score (nSPS) is 12.9. The summed E-state index contributed by atoms with van der Waals surface area (Å²) in [6.45, 7) is 1.98. The molecule has 0 saturated carbocycles. The summed E-state index contributed by atoms with van der Waals surface area (Å²) in [5.41, 5.74) is 5.78. The van der Waals surface area contributed by atoms with Gasteiger partial charge in [-0.15, -0.1) is 10.2 Å². The van der Waals surface area contributed by atoms with Crippen molar-refractivity contribution in [1.82, 2.24) is 10.2 Å². The number of hydrogen-bond donors (Lipinski definition) is 1. The van der Waals surface area contributed by atoms with Gasteiger partial charge in [-0.05, 0) is 18.6 Å². The van der Waals surface area contributed by atoms with E-state index in [2.05, 4.69) is 10.2 Å². The van der Waals surface area contributed by atoms with E-state index in [0.29, 0.717) is 18.2 Å². The maximum Gasteiger partial charge on any atom is 0.233 e. The Balaban J connectivity index is 1.93. The van der Waals surface area contributed by atoms with Crippen molar-refractivity contribution in [3.8, 4) is 0 Å². The monoisotopic (exact) mass is 221 g/mol. The van der Waals surface area contributed by atoms with E-state index in [1.807, 2.05) is 19.1 Å². The lowest BCUT2D eigenvalue weighted by Gasteiger charge is -2.00. The van der Waals surface area contributed by atoms with Crippen LogP contribution < -0.4 is 5.73 Å². The van der Waals surface area contributed by atoms with Crippen LogP contribution >= 0.6 is 0 Å². The highest BCUT2D eigenvalue weighted by Crippen LogP contribution is 2.13. The molecule has 2 heterocycles. The van der Waals surface area contributed by atoms with Crippen molar-refractivity contribution in [2.75, 3.05) is 0 Å². The summed E-state index contributed by atoms with van der Waals surface area (Å²) in [6, 6.07) is 3.63. The van der Waals surface area contributed by atoms with Crippen molar-refractivity contribution in [1.29, 1.82) is 0 Å². The number of nitrogens with zero attached hydrogens (tertiary/aromatic N) is 2. The Bertz CT molecular complexity index is 422. The zero-order valence-electron chi connectivity index (χ0n) is 9.22. The van der Waals surface area contributed by atoms with Gasteiger partial charge in [0.05, 0.1) is 12.3 Å². The topological polar surface area (TPSA) is 78.1 Å². The predicted octanol–water partition coefficient (Wildman–Crippen LogP) is 1.86. The second-order valence-electron chi connectivity index (χ2n) is 3.63. The number of aryl methyl sites for hydroxylation is 2. The molecule has 0 aliphatic rings. The summed E-state index contributed by atoms with van der Waals surface area (Å²) in [6.07, 6.45) is 3.88. The minimum atomic E-state index is -0.162. The van der Waals surface area contributed by atoms with Gasteiger partial charge < -0.3 is 14.6 Å². The van der Waals surface area contributed by atoms with Crippen LogP contribution in [0.3, 0.4) is 0 Å². The summed E-state index contributed by atoms with van der Waals surface area (Å²) in [7, 11) is 0. The average molecular weight is 221 g/mol. The van der Waals surface area contributed by atoms with Crippen LogP contribution in [0.15, 0.2) is 27.2 Å². The minimum absolute atomic E-state index is 0.162. The van der Waals surface area contributed by atoms with Crippen LogP contribution in [-0.4, -0.2) is 10.2 Å². The Morgan fingerprint density at radius 2 is 2.25 bits per heavy atom. The molecular formula is C11H15N3O2. The fourth-order valence-corrected chi connectivity index (χ4v) is 1.38. The highest BCUT2D eigenvalue weighted by atomic mass is 16.4. The first-order valence-corrected chi connectivity index (χ1v) is 5.40. The van der Waals surface area contributed by atoms with E-state index in [4.69, 9.17) is 14.6 Å². The molecule has 0 aliphatic heterocycles. The molecule has 0 saturated heterocycles. The van der Waals surface area contributed by atoms with Crippen LogP contribution in [0.1, 0.15) is 36.9 Å². The maximum atomic E-state index is 5.78. The molecule has 0 radical (unpaired) electrons. The van der Waals surface area contributed by atoms with Crippen molar-refractivity contribution < 1.29 is 8.83 Å². The third kappa shape index (κ3) is 2.49. The van der Waals surface area contributed by atoms with Crippen LogP contribution in [0.25, 0.3) is 0 Å². The van der Waals surface area contributed by atoms with Crippen molar-refractivity contribution in [3.05, 3.63) is 35.9 Å². The van der Waals surface area contributed by atoms with Crippen molar-refractivity contribution in [3.63, 3.8) is 0 Å². The van der Waals surface area contributed by atoms with Crippen molar-refractivity contribution >= 4 is 0 Å². The third-order valence-corrected chi connectivity index (χ3v) is 2.40. The first-order valence-electron chi connectivity index (χ1n) is 5.40. The highest BCUT2D eigenvalue weighted by Gasteiger charge is 2.12. The van der Waals surface area contributed by atoms with Crippen LogP contribution in [0.4, 0.5) is 0 Å². The molecule has 0 amide bonds. The molecule has 0 aliphatic carbocycles. The molecule has 2 rings (SSSR count). The molecule has 16 heavy (non-hydrogen) atoms. The molecule has 0 bridgehead atoms. The molecule has 86 valence electrons. The Hall–Kier alpha value is -1.62. The van der Waals surface area contributed by atoms with Gasteiger partial charge in [-0.3, -0.25) is 0 Å². The molecule has 2 aromatic rings. The number of rotatable bonds is 5. The summed E-state index contributed by atoms with van der Waals surface area (Å²) in [5.74, 6) is 2.03. The molecule has 5 nitrogen and oxygen atoms in total. The molecule has 2 N–H and O–H groups in total. The highest BCUT2D eigenvalue weighted by molar-refractivity contribution is 5.00. The fraction of sp³-hybridized carbons (Fsp3) is 0.455. The summed E-state index contributed by atoms with van der Waals surface area (Å²) < 4.78 is 10.7. The lowest BCUT2D eigenvalue weighted by molar-refractivity contribution is 0.406. The smallest absolute Gasteiger partial charge is 0.233 e. The molecule has 1 atom stereocenters. The van der Waals surface area contributed by atoms with E-state index in [-0.39, 0.29) is 6.04 Å². The van der Waals surface area contributed by atoms with E-state index >= 15 is 0 Å². The quantitative estimate of drug-likeness (QED) is 0.833. The summed E-state index contributed by atoms with van der Waals surface area (Å²) in [5, 5.41) is 7.86. The summed E-state index contributed by atoms with van der Waals surface area (Å²) in [4.78, 5) is 0. The molecule has 1 unspecified atom stereocenters. The van der Waals surface area contributed by atoms with E-state index in [1.165, 1.54) is 0 Å². The van der Waals surface area contributed by atoms with E-state index < -0.39 is 0 Å². The first kappa shape index (κ1) is 10.9. The average Bonchev–Trinajstić information content (AvgIpc) is 2.96. The van der Waals surface area contributed by atoms with E-state index in [9.17, 15) is 0 Å². The minimum Gasteiger partial charge on any atom is -0.469 e. The van der Waals surface area contributed by atoms with E-state index in [1.54, 1.807) is 6.26 Å². The van der Waals surface area contributed by atoms with Gasteiger partial charge in [0.25, 0.3) is 0 Å². The number of aromatic nitrogens is 2.